The van der Waals surface area contributed by atoms with E-state index in [2.05, 4.69) is 10.6 Å². The molecule has 4 nitrogen and oxygen atoms in total. The summed E-state index contributed by atoms with van der Waals surface area (Å²) in [6.45, 7) is 2.81. The van der Waals surface area contributed by atoms with E-state index in [1.807, 2.05) is 66.9 Å². The molecule has 1 aliphatic carbocycles. The van der Waals surface area contributed by atoms with Crippen molar-refractivity contribution >= 4 is 28.8 Å². The van der Waals surface area contributed by atoms with Crippen molar-refractivity contribution in [1.82, 2.24) is 5.32 Å². The first-order chi connectivity index (χ1) is 13.6. The predicted molar refractivity (Wildman–Crippen MR) is 114 cm³/mol. The Labute approximate surface area is 168 Å². The lowest BCUT2D eigenvalue weighted by molar-refractivity contribution is 0.0951. The molecule has 2 amide bonds. The van der Waals surface area contributed by atoms with Gasteiger partial charge >= 0.3 is 0 Å². The molecule has 0 bridgehead atoms. The molecule has 3 aromatic rings. The lowest BCUT2D eigenvalue weighted by Gasteiger charge is -2.11. The van der Waals surface area contributed by atoms with E-state index in [9.17, 15) is 9.59 Å². The monoisotopic (exact) mass is 390 g/mol. The van der Waals surface area contributed by atoms with Crippen LogP contribution in [0.15, 0.2) is 60.0 Å². The lowest BCUT2D eigenvalue weighted by atomic mass is 9.98. The average Bonchev–Trinajstić information content (AvgIpc) is 3.38. The number of hydrogen-bond acceptors (Lipinski definition) is 3. The molecule has 1 fully saturated rings. The summed E-state index contributed by atoms with van der Waals surface area (Å²) in [6.07, 6.45) is 2.44. The van der Waals surface area contributed by atoms with Crippen LogP contribution < -0.4 is 10.6 Å². The maximum Gasteiger partial charge on any atom is 0.265 e. The molecule has 2 aromatic carbocycles. The molecule has 5 heteroatoms. The predicted octanol–water partition coefficient (Wildman–Crippen LogP) is 5.12. The zero-order valence-corrected chi connectivity index (χ0v) is 16.5. The Hall–Kier alpha value is -2.92. The zero-order valence-electron chi connectivity index (χ0n) is 15.7. The molecule has 0 spiro atoms. The highest BCUT2D eigenvalue weighted by Crippen LogP contribution is 2.29. The van der Waals surface area contributed by atoms with Crippen molar-refractivity contribution in [3.63, 3.8) is 0 Å². The standard InChI is InChI=1S/C23H22N2O2S/c1-15-4-11-19(25-23(27)21-3-2-12-28-21)13-20(15)17-7-9-18(10-8-17)22(26)24-14-16-5-6-16/h2-4,7-13,16H,5-6,14H2,1H3,(H,24,26)(H,25,27). The summed E-state index contributed by atoms with van der Waals surface area (Å²) >= 11 is 1.42. The maximum atomic E-state index is 12.3. The lowest BCUT2D eigenvalue weighted by Crippen LogP contribution is -2.25. The SMILES string of the molecule is Cc1ccc(NC(=O)c2cccs2)cc1-c1ccc(C(=O)NCC2CC2)cc1. The normalized spacial score (nSPS) is 13.2. The first kappa shape index (κ1) is 18.4. The van der Waals surface area contributed by atoms with E-state index >= 15 is 0 Å². The molecular weight excluding hydrogens is 368 g/mol. The molecule has 142 valence electrons. The largest absolute Gasteiger partial charge is 0.352 e. The number of rotatable bonds is 6. The van der Waals surface area contributed by atoms with Gasteiger partial charge in [0.2, 0.25) is 0 Å². The molecule has 1 saturated carbocycles. The highest BCUT2D eigenvalue weighted by molar-refractivity contribution is 7.12. The van der Waals surface area contributed by atoms with Crippen LogP contribution in [0.5, 0.6) is 0 Å². The van der Waals surface area contributed by atoms with Crippen LogP contribution in [0, 0.1) is 12.8 Å². The number of carbonyl (C=O) groups is 2. The number of carbonyl (C=O) groups excluding carboxylic acids is 2. The fourth-order valence-corrected chi connectivity index (χ4v) is 3.69. The molecule has 0 radical (unpaired) electrons. The summed E-state index contributed by atoms with van der Waals surface area (Å²) in [4.78, 5) is 25.2. The second kappa shape index (κ2) is 7.98. The van der Waals surface area contributed by atoms with Gasteiger partial charge in [0, 0.05) is 17.8 Å². The van der Waals surface area contributed by atoms with E-state index in [0.717, 1.165) is 28.9 Å². The molecular formula is C23H22N2O2S. The second-order valence-corrected chi connectivity index (χ2v) is 8.14. The first-order valence-corrected chi connectivity index (χ1v) is 10.3. The highest BCUT2D eigenvalue weighted by Gasteiger charge is 2.21. The van der Waals surface area contributed by atoms with Gasteiger partial charge < -0.3 is 10.6 Å². The number of hydrogen-bond donors (Lipinski definition) is 2. The smallest absolute Gasteiger partial charge is 0.265 e. The van der Waals surface area contributed by atoms with Gasteiger partial charge in [0.15, 0.2) is 0 Å². The molecule has 1 aromatic heterocycles. The number of anilines is 1. The number of benzene rings is 2. The third-order valence-corrected chi connectivity index (χ3v) is 5.82. The van der Waals surface area contributed by atoms with E-state index < -0.39 is 0 Å². The van der Waals surface area contributed by atoms with Crippen LogP contribution in [0.25, 0.3) is 11.1 Å². The molecule has 1 aliphatic rings. The minimum absolute atomic E-state index is 0.0212. The summed E-state index contributed by atoms with van der Waals surface area (Å²) in [5.41, 5.74) is 4.59. The molecule has 0 aliphatic heterocycles. The molecule has 1 heterocycles. The summed E-state index contributed by atoms with van der Waals surface area (Å²) in [7, 11) is 0. The van der Waals surface area contributed by atoms with E-state index in [1.165, 1.54) is 24.2 Å². The number of thiophene rings is 1. The van der Waals surface area contributed by atoms with Gasteiger partial charge in [0.25, 0.3) is 11.8 Å². The Balaban J connectivity index is 1.49. The quantitative estimate of drug-likeness (QED) is 0.614. The fraction of sp³-hybridized carbons (Fsp3) is 0.217. The van der Waals surface area contributed by atoms with Crippen molar-refractivity contribution < 1.29 is 9.59 Å². The second-order valence-electron chi connectivity index (χ2n) is 7.19. The van der Waals surface area contributed by atoms with Crippen LogP contribution in [0.4, 0.5) is 5.69 Å². The van der Waals surface area contributed by atoms with Gasteiger partial charge in [-0.3, -0.25) is 9.59 Å². The van der Waals surface area contributed by atoms with Crippen molar-refractivity contribution in [3.05, 3.63) is 76.0 Å². The van der Waals surface area contributed by atoms with Crippen LogP contribution in [-0.2, 0) is 0 Å². The van der Waals surface area contributed by atoms with Gasteiger partial charge in [-0.25, -0.2) is 0 Å². The van der Waals surface area contributed by atoms with Crippen LogP contribution in [0.3, 0.4) is 0 Å². The van der Waals surface area contributed by atoms with Crippen LogP contribution in [-0.4, -0.2) is 18.4 Å². The molecule has 4 rings (SSSR count). The maximum absolute atomic E-state index is 12.3. The summed E-state index contributed by atoms with van der Waals surface area (Å²) < 4.78 is 0. The van der Waals surface area contributed by atoms with Crippen LogP contribution in [0.1, 0.15) is 38.4 Å². The van der Waals surface area contributed by atoms with Crippen LogP contribution >= 0.6 is 11.3 Å². The molecule has 28 heavy (non-hydrogen) atoms. The zero-order chi connectivity index (χ0) is 19.5. The number of aryl methyl sites for hydroxylation is 1. The minimum atomic E-state index is -0.104. The van der Waals surface area contributed by atoms with Gasteiger partial charge in [-0.15, -0.1) is 11.3 Å². The third kappa shape index (κ3) is 4.31. The summed E-state index contributed by atoms with van der Waals surface area (Å²) in [5.74, 6) is 0.539. The summed E-state index contributed by atoms with van der Waals surface area (Å²) in [5, 5.41) is 7.83. The number of amides is 2. The van der Waals surface area contributed by atoms with Crippen molar-refractivity contribution in [3.8, 4) is 11.1 Å². The Morgan fingerprint density at radius 1 is 1.04 bits per heavy atom. The van der Waals surface area contributed by atoms with Crippen LogP contribution in [0.2, 0.25) is 0 Å². The Morgan fingerprint density at radius 2 is 1.82 bits per heavy atom. The van der Waals surface area contributed by atoms with Gasteiger partial charge in [0.05, 0.1) is 4.88 Å². The van der Waals surface area contributed by atoms with Crippen molar-refractivity contribution in [2.45, 2.75) is 19.8 Å². The molecule has 0 atom stereocenters. The molecule has 0 saturated heterocycles. The average molecular weight is 391 g/mol. The Kier molecular flexibility index (Phi) is 5.26. The van der Waals surface area contributed by atoms with Gasteiger partial charge in [0.1, 0.15) is 0 Å². The minimum Gasteiger partial charge on any atom is -0.352 e. The van der Waals surface area contributed by atoms with E-state index in [1.54, 1.807) is 0 Å². The van der Waals surface area contributed by atoms with E-state index in [4.69, 9.17) is 0 Å². The van der Waals surface area contributed by atoms with E-state index in [0.29, 0.717) is 16.4 Å². The summed E-state index contributed by atoms with van der Waals surface area (Å²) in [6, 6.07) is 17.2. The fourth-order valence-electron chi connectivity index (χ4n) is 3.07. The highest BCUT2D eigenvalue weighted by atomic mass is 32.1. The first-order valence-electron chi connectivity index (χ1n) is 9.44. The topological polar surface area (TPSA) is 58.2 Å². The molecule has 0 unspecified atom stereocenters. The Bertz CT molecular complexity index is 990. The van der Waals surface area contributed by atoms with Gasteiger partial charge in [-0.1, -0.05) is 24.3 Å². The van der Waals surface area contributed by atoms with Gasteiger partial charge in [-0.05, 0) is 78.1 Å². The van der Waals surface area contributed by atoms with Crippen molar-refractivity contribution in [2.75, 3.05) is 11.9 Å². The number of nitrogens with one attached hydrogen (secondary N) is 2. The Morgan fingerprint density at radius 3 is 2.50 bits per heavy atom. The molecule has 2 N–H and O–H groups in total. The van der Waals surface area contributed by atoms with Crippen molar-refractivity contribution in [1.29, 1.82) is 0 Å². The van der Waals surface area contributed by atoms with Gasteiger partial charge in [-0.2, -0.15) is 0 Å². The van der Waals surface area contributed by atoms with Crippen molar-refractivity contribution in [2.24, 2.45) is 5.92 Å². The third-order valence-electron chi connectivity index (χ3n) is 4.95. The van der Waals surface area contributed by atoms with E-state index in [-0.39, 0.29) is 11.8 Å².